The van der Waals surface area contributed by atoms with Crippen LogP contribution in [-0.4, -0.2) is 22.5 Å². The summed E-state index contributed by atoms with van der Waals surface area (Å²) in [5, 5.41) is 11.9. The normalized spacial score (nSPS) is 26.1. The number of carboxylic acids is 1. The summed E-state index contributed by atoms with van der Waals surface area (Å²) in [6.07, 6.45) is 1.96. The van der Waals surface area contributed by atoms with Gasteiger partial charge in [0.05, 0.1) is 0 Å². The van der Waals surface area contributed by atoms with Gasteiger partial charge in [-0.3, -0.25) is 4.79 Å². The number of carbonyl (C=O) groups is 2. The van der Waals surface area contributed by atoms with Gasteiger partial charge in [-0.25, -0.2) is 13.6 Å². The Balaban J connectivity index is 1.70. The molecule has 0 aliphatic heterocycles. The first kappa shape index (κ1) is 14.9. The number of nitrogens with one attached hydrogen (secondary N) is 1. The second kappa shape index (κ2) is 5.04. The largest absolute Gasteiger partial charge is 0.480 e. The molecule has 2 N–H and O–H groups in total. The van der Waals surface area contributed by atoms with Crippen LogP contribution >= 0.6 is 0 Å². The lowest BCUT2D eigenvalue weighted by Gasteiger charge is -2.26. The zero-order valence-corrected chi connectivity index (χ0v) is 12.1. The molecule has 2 saturated carbocycles. The zero-order valence-electron chi connectivity index (χ0n) is 12.1. The minimum absolute atomic E-state index is 0.0583. The Morgan fingerprint density at radius 3 is 2.59 bits per heavy atom. The summed E-state index contributed by atoms with van der Waals surface area (Å²) in [5.41, 5.74) is -1.09. The van der Waals surface area contributed by atoms with Gasteiger partial charge in [-0.15, -0.1) is 0 Å². The third-order valence-electron chi connectivity index (χ3n) is 4.73. The zero-order chi connectivity index (χ0) is 16.1. The average Bonchev–Trinajstić information content (AvgIpc) is 3.34. The number of carboxylic acid groups (broad SMARTS) is 1. The summed E-state index contributed by atoms with van der Waals surface area (Å²) in [6, 6.07) is 3.91. The molecule has 0 bridgehead atoms. The summed E-state index contributed by atoms with van der Waals surface area (Å²) in [6.45, 7) is 1.51. The molecule has 1 aromatic carbocycles. The van der Waals surface area contributed by atoms with E-state index in [4.69, 9.17) is 0 Å². The Hall–Kier alpha value is -1.98. The van der Waals surface area contributed by atoms with Crippen molar-refractivity contribution in [2.75, 3.05) is 0 Å². The van der Waals surface area contributed by atoms with Crippen LogP contribution in [-0.2, 0) is 9.59 Å². The second-order valence-electron chi connectivity index (χ2n) is 6.36. The van der Waals surface area contributed by atoms with E-state index < -0.39 is 35.0 Å². The maximum absolute atomic E-state index is 13.7. The van der Waals surface area contributed by atoms with Crippen LogP contribution in [0.3, 0.4) is 0 Å². The molecule has 1 aromatic rings. The molecule has 22 heavy (non-hydrogen) atoms. The molecule has 0 radical (unpaired) electrons. The van der Waals surface area contributed by atoms with Gasteiger partial charge in [0.1, 0.15) is 5.54 Å². The van der Waals surface area contributed by atoms with Crippen molar-refractivity contribution in [3.05, 3.63) is 35.4 Å². The van der Waals surface area contributed by atoms with E-state index in [2.05, 4.69) is 5.32 Å². The number of aliphatic carboxylic acids is 1. The number of rotatable bonds is 5. The molecule has 3 atom stereocenters. The monoisotopic (exact) mass is 309 g/mol. The second-order valence-corrected chi connectivity index (χ2v) is 6.36. The molecule has 2 aliphatic carbocycles. The summed E-state index contributed by atoms with van der Waals surface area (Å²) in [7, 11) is 0. The number of hydrogen-bond acceptors (Lipinski definition) is 2. The van der Waals surface area contributed by atoms with E-state index in [1.165, 1.54) is 19.1 Å². The quantitative estimate of drug-likeness (QED) is 0.878. The van der Waals surface area contributed by atoms with Crippen molar-refractivity contribution in [1.82, 2.24) is 5.32 Å². The first-order valence-corrected chi connectivity index (χ1v) is 7.34. The summed E-state index contributed by atoms with van der Waals surface area (Å²) >= 11 is 0. The molecule has 2 aliphatic rings. The summed E-state index contributed by atoms with van der Waals surface area (Å²) in [4.78, 5) is 23.7. The fourth-order valence-electron chi connectivity index (χ4n) is 2.97. The minimum Gasteiger partial charge on any atom is -0.480 e. The SMILES string of the molecule is CC(NC(=O)C1CC1c1cccc(F)c1F)(C(=O)O)C1CC1. The number of carbonyl (C=O) groups excluding carboxylic acids is 1. The van der Waals surface area contributed by atoms with Gasteiger partial charge in [-0.05, 0) is 49.7 Å². The molecule has 3 unspecified atom stereocenters. The van der Waals surface area contributed by atoms with Crippen LogP contribution in [0, 0.1) is 23.5 Å². The highest BCUT2D eigenvalue weighted by molar-refractivity contribution is 5.90. The molecular weight excluding hydrogens is 292 g/mol. The molecule has 3 rings (SSSR count). The predicted molar refractivity (Wildman–Crippen MR) is 74.1 cm³/mol. The van der Waals surface area contributed by atoms with Crippen LogP contribution in [0.5, 0.6) is 0 Å². The first-order chi connectivity index (χ1) is 10.3. The Morgan fingerprint density at radius 1 is 1.32 bits per heavy atom. The lowest BCUT2D eigenvalue weighted by atomic mass is 9.95. The Labute approximate surface area is 126 Å². The highest BCUT2D eigenvalue weighted by atomic mass is 19.2. The van der Waals surface area contributed by atoms with Crippen molar-refractivity contribution < 1.29 is 23.5 Å². The topological polar surface area (TPSA) is 66.4 Å². The van der Waals surface area contributed by atoms with E-state index >= 15 is 0 Å². The molecule has 0 heterocycles. The molecule has 0 spiro atoms. The number of benzene rings is 1. The van der Waals surface area contributed by atoms with Gasteiger partial charge in [0.25, 0.3) is 0 Å². The maximum Gasteiger partial charge on any atom is 0.329 e. The predicted octanol–water partition coefficient (Wildman–Crippen LogP) is 2.44. The maximum atomic E-state index is 13.7. The molecule has 6 heteroatoms. The highest BCUT2D eigenvalue weighted by Gasteiger charge is 2.52. The highest BCUT2D eigenvalue weighted by Crippen LogP contribution is 2.49. The third-order valence-corrected chi connectivity index (χ3v) is 4.73. The van der Waals surface area contributed by atoms with Crippen molar-refractivity contribution in [3.63, 3.8) is 0 Å². The van der Waals surface area contributed by atoms with Crippen LogP contribution in [0.25, 0.3) is 0 Å². The minimum atomic E-state index is -1.27. The lowest BCUT2D eigenvalue weighted by molar-refractivity contribution is -0.148. The van der Waals surface area contributed by atoms with Crippen molar-refractivity contribution in [1.29, 1.82) is 0 Å². The van der Waals surface area contributed by atoms with E-state index in [0.29, 0.717) is 6.42 Å². The molecule has 118 valence electrons. The van der Waals surface area contributed by atoms with Gasteiger partial charge in [0.15, 0.2) is 11.6 Å². The average molecular weight is 309 g/mol. The van der Waals surface area contributed by atoms with E-state index in [-0.39, 0.29) is 17.4 Å². The van der Waals surface area contributed by atoms with Crippen LogP contribution < -0.4 is 5.32 Å². The molecule has 2 fully saturated rings. The Morgan fingerprint density at radius 2 is 2.00 bits per heavy atom. The smallest absolute Gasteiger partial charge is 0.329 e. The lowest BCUT2D eigenvalue weighted by Crippen LogP contribution is -2.54. The third kappa shape index (κ3) is 2.46. The fraction of sp³-hybridized carbons (Fsp3) is 0.500. The Bertz CT molecular complexity index is 644. The number of hydrogen-bond donors (Lipinski definition) is 2. The van der Waals surface area contributed by atoms with E-state index in [9.17, 15) is 23.5 Å². The molecular formula is C16H17F2NO3. The van der Waals surface area contributed by atoms with Crippen LogP contribution in [0.2, 0.25) is 0 Å². The number of amides is 1. The number of halogens is 2. The van der Waals surface area contributed by atoms with E-state index in [0.717, 1.165) is 18.9 Å². The van der Waals surface area contributed by atoms with E-state index in [1.807, 2.05) is 0 Å². The van der Waals surface area contributed by atoms with Crippen LogP contribution in [0.4, 0.5) is 8.78 Å². The van der Waals surface area contributed by atoms with Gasteiger partial charge in [0.2, 0.25) is 5.91 Å². The fourth-order valence-corrected chi connectivity index (χ4v) is 2.97. The Kier molecular flexibility index (Phi) is 3.42. The van der Waals surface area contributed by atoms with E-state index in [1.54, 1.807) is 0 Å². The van der Waals surface area contributed by atoms with Gasteiger partial charge in [-0.2, -0.15) is 0 Å². The summed E-state index contributed by atoms with van der Waals surface area (Å²) < 4.78 is 27.0. The van der Waals surface area contributed by atoms with Gasteiger partial charge in [-0.1, -0.05) is 12.1 Å². The molecule has 4 nitrogen and oxygen atoms in total. The first-order valence-electron chi connectivity index (χ1n) is 7.34. The van der Waals surface area contributed by atoms with Crippen LogP contribution in [0.1, 0.15) is 37.7 Å². The van der Waals surface area contributed by atoms with Gasteiger partial charge >= 0.3 is 5.97 Å². The van der Waals surface area contributed by atoms with Crippen molar-refractivity contribution >= 4 is 11.9 Å². The molecule has 0 saturated heterocycles. The summed E-state index contributed by atoms with van der Waals surface area (Å²) in [5.74, 6) is -4.25. The van der Waals surface area contributed by atoms with Crippen LogP contribution in [0.15, 0.2) is 18.2 Å². The van der Waals surface area contributed by atoms with Crippen molar-refractivity contribution in [2.24, 2.45) is 11.8 Å². The molecule has 1 amide bonds. The van der Waals surface area contributed by atoms with Crippen molar-refractivity contribution in [3.8, 4) is 0 Å². The standard InChI is InChI=1S/C16H17F2NO3/c1-16(15(21)22,8-5-6-8)19-14(20)11-7-10(11)9-3-2-4-12(17)13(9)18/h2-4,8,10-11H,5-7H2,1H3,(H,19,20)(H,21,22). The van der Waals surface area contributed by atoms with Crippen molar-refractivity contribution in [2.45, 2.75) is 37.6 Å². The van der Waals surface area contributed by atoms with Gasteiger partial charge < -0.3 is 10.4 Å². The van der Waals surface area contributed by atoms with Gasteiger partial charge in [0, 0.05) is 5.92 Å². The molecule has 0 aromatic heterocycles.